The Morgan fingerprint density at radius 3 is 2.61 bits per heavy atom. The lowest BCUT2D eigenvalue weighted by atomic mass is 10.0. The number of fused-ring (bicyclic) bond motifs is 1. The van der Waals surface area contributed by atoms with Crippen molar-refractivity contribution in [1.29, 1.82) is 5.26 Å². The van der Waals surface area contributed by atoms with Crippen LogP contribution in [0.4, 0.5) is 25.8 Å². The van der Waals surface area contributed by atoms with Gasteiger partial charge in [-0.1, -0.05) is 41.1 Å². The standard InChI is InChI=1S/C29H18ClF2N9/c30-23-10-19(9-22-26(18(12-33)14-35-28(22)23)38-20-11-24(31)29(32)36-15-20)37-27(17-5-4-8-34-13-17)25-16-41(40-39-25)21-6-2-1-3-7-21/h1-11,13-16,27,37H,(H,35,38)/i27D. The predicted octanol–water partition coefficient (Wildman–Crippen LogP) is 6.35. The number of pyridine rings is 3. The molecule has 0 aliphatic carbocycles. The van der Waals surface area contributed by atoms with Crippen LogP contribution in [0.1, 0.15) is 24.2 Å². The van der Waals surface area contributed by atoms with E-state index >= 15 is 0 Å². The van der Waals surface area contributed by atoms with E-state index in [2.05, 4.69) is 35.9 Å². The summed E-state index contributed by atoms with van der Waals surface area (Å²) in [5.74, 6) is -2.40. The van der Waals surface area contributed by atoms with Crippen LogP contribution in [-0.4, -0.2) is 29.9 Å². The first-order valence-corrected chi connectivity index (χ1v) is 12.5. The van der Waals surface area contributed by atoms with Gasteiger partial charge in [-0.3, -0.25) is 9.97 Å². The molecule has 0 bridgehead atoms. The summed E-state index contributed by atoms with van der Waals surface area (Å²) in [7, 11) is 0. The highest BCUT2D eigenvalue weighted by molar-refractivity contribution is 6.36. The maximum atomic E-state index is 13.9. The molecule has 0 saturated heterocycles. The van der Waals surface area contributed by atoms with Crippen LogP contribution in [0.2, 0.25) is 5.02 Å². The van der Waals surface area contributed by atoms with Crippen molar-refractivity contribution in [1.82, 2.24) is 29.9 Å². The van der Waals surface area contributed by atoms with Crippen LogP contribution < -0.4 is 10.6 Å². The van der Waals surface area contributed by atoms with Gasteiger partial charge in [0.2, 0.25) is 5.95 Å². The minimum atomic E-state index is -1.68. The molecule has 1 unspecified atom stereocenters. The molecule has 4 heterocycles. The van der Waals surface area contributed by atoms with E-state index in [1.165, 1.54) is 6.20 Å². The fourth-order valence-electron chi connectivity index (χ4n) is 4.21. The summed E-state index contributed by atoms with van der Waals surface area (Å²) in [6.45, 7) is 0. The maximum Gasteiger partial charge on any atom is 0.249 e. The van der Waals surface area contributed by atoms with Crippen molar-refractivity contribution in [2.24, 2.45) is 0 Å². The normalized spacial score (nSPS) is 12.8. The number of halogens is 3. The molecule has 9 nitrogen and oxygen atoms in total. The molecule has 0 amide bonds. The van der Waals surface area contributed by atoms with Crippen molar-refractivity contribution in [2.75, 3.05) is 10.6 Å². The van der Waals surface area contributed by atoms with E-state index in [9.17, 15) is 15.4 Å². The quantitative estimate of drug-likeness (QED) is 0.215. The summed E-state index contributed by atoms with van der Waals surface area (Å²) in [6.07, 6.45) is 7.20. The van der Waals surface area contributed by atoms with Crippen molar-refractivity contribution >= 4 is 39.6 Å². The number of para-hydroxylation sites is 1. The minimum absolute atomic E-state index is 0.107. The number of hydrogen-bond donors (Lipinski definition) is 2. The number of benzene rings is 2. The van der Waals surface area contributed by atoms with Gasteiger partial charge in [-0.15, -0.1) is 5.10 Å². The SMILES string of the molecule is [2H]C(Nc1cc(Cl)c2ncc(C#N)c(Nc3cnc(F)c(F)c3)c2c1)(c1cccnc1)c1cn(-c2ccccc2)nn1. The van der Waals surface area contributed by atoms with Crippen molar-refractivity contribution in [2.45, 2.75) is 6.02 Å². The van der Waals surface area contributed by atoms with Crippen LogP contribution in [0.25, 0.3) is 16.6 Å². The second-order valence-electron chi connectivity index (χ2n) is 8.76. The first-order valence-electron chi connectivity index (χ1n) is 12.6. The first kappa shape index (κ1) is 24.6. The molecule has 0 fully saturated rings. The van der Waals surface area contributed by atoms with E-state index < -0.39 is 17.8 Å². The van der Waals surface area contributed by atoms with Crippen LogP contribution in [0.5, 0.6) is 0 Å². The van der Waals surface area contributed by atoms with Crippen LogP contribution >= 0.6 is 11.6 Å². The molecule has 200 valence electrons. The van der Waals surface area contributed by atoms with Gasteiger partial charge in [0.1, 0.15) is 11.8 Å². The van der Waals surface area contributed by atoms with Crippen molar-refractivity contribution in [3.8, 4) is 11.8 Å². The van der Waals surface area contributed by atoms with Gasteiger partial charge < -0.3 is 10.6 Å². The highest BCUT2D eigenvalue weighted by Gasteiger charge is 2.21. The van der Waals surface area contributed by atoms with E-state index in [4.69, 9.17) is 11.6 Å². The second kappa shape index (κ2) is 11.0. The maximum absolute atomic E-state index is 13.9. The van der Waals surface area contributed by atoms with Crippen LogP contribution in [0.3, 0.4) is 0 Å². The van der Waals surface area contributed by atoms with Crippen LogP contribution in [0, 0.1) is 23.1 Å². The number of aromatic nitrogens is 6. The zero-order valence-corrected chi connectivity index (χ0v) is 21.7. The zero-order chi connectivity index (χ0) is 29.3. The Morgan fingerprint density at radius 2 is 1.85 bits per heavy atom. The number of rotatable bonds is 7. The molecular formula is C29H18ClF2N9. The molecule has 0 radical (unpaired) electrons. The third-order valence-corrected chi connectivity index (χ3v) is 6.39. The number of nitriles is 1. The minimum Gasteiger partial charge on any atom is -0.373 e. The monoisotopic (exact) mass is 566 g/mol. The van der Waals surface area contributed by atoms with Crippen molar-refractivity contribution in [3.63, 3.8) is 0 Å². The third-order valence-electron chi connectivity index (χ3n) is 6.10. The van der Waals surface area contributed by atoms with Crippen molar-refractivity contribution in [3.05, 3.63) is 125 Å². The van der Waals surface area contributed by atoms with Gasteiger partial charge in [0.05, 0.1) is 52.9 Å². The van der Waals surface area contributed by atoms with Gasteiger partial charge >= 0.3 is 0 Å². The predicted molar refractivity (Wildman–Crippen MR) is 150 cm³/mol. The number of nitrogens with one attached hydrogen (secondary N) is 2. The summed E-state index contributed by atoms with van der Waals surface area (Å²) < 4.78 is 38.5. The van der Waals surface area contributed by atoms with Crippen LogP contribution in [0.15, 0.2) is 91.6 Å². The van der Waals surface area contributed by atoms with Gasteiger partial charge in [0.15, 0.2) is 5.82 Å². The average molecular weight is 567 g/mol. The highest BCUT2D eigenvalue weighted by atomic mass is 35.5. The molecule has 2 aromatic carbocycles. The molecule has 4 aromatic heterocycles. The summed E-state index contributed by atoms with van der Waals surface area (Å²) in [4.78, 5) is 11.9. The zero-order valence-electron chi connectivity index (χ0n) is 21.9. The summed E-state index contributed by atoms with van der Waals surface area (Å²) in [5.41, 5.74) is 2.69. The smallest absolute Gasteiger partial charge is 0.249 e. The number of nitrogens with zero attached hydrogens (tertiary/aromatic N) is 7. The Morgan fingerprint density at radius 1 is 1.00 bits per heavy atom. The van der Waals surface area contributed by atoms with Crippen LogP contribution in [-0.2, 0) is 0 Å². The fourth-order valence-corrected chi connectivity index (χ4v) is 4.48. The van der Waals surface area contributed by atoms with E-state index in [-0.39, 0.29) is 27.7 Å². The third kappa shape index (κ3) is 5.24. The van der Waals surface area contributed by atoms with Crippen molar-refractivity contribution < 1.29 is 10.2 Å². The molecule has 0 spiro atoms. The second-order valence-corrected chi connectivity index (χ2v) is 9.17. The van der Waals surface area contributed by atoms with E-state index in [0.717, 1.165) is 18.0 Å². The lowest BCUT2D eigenvalue weighted by molar-refractivity contribution is 0.480. The molecule has 41 heavy (non-hydrogen) atoms. The molecule has 0 aliphatic heterocycles. The number of anilines is 3. The average Bonchev–Trinajstić information content (AvgIpc) is 3.52. The molecule has 2 N–H and O–H groups in total. The molecule has 12 heteroatoms. The Kier molecular flexibility index (Phi) is 6.56. The Balaban J connectivity index is 1.47. The fraction of sp³-hybridized carbons (Fsp3) is 0.0345. The number of hydrogen-bond acceptors (Lipinski definition) is 8. The lowest BCUT2D eigenvalue weighted by Crippen LogP contribution is -2.13. The van der Waals surface area contributed by atoms with Gasteiger partial charge in [0, 0.05) is 35.7 Å². The van der Waals surface area contributed by atoms with Gasteiger partial charge in [-0.25, -0.2) is 14.1 Å². The van der Waals surface area contributed by atoms with Gasteiger partial charge in [-0.05, 0) is 35.9 Å². The molecule has 0 aliphatic rings. The lowest BCUT2D eigenvalue weighted by Gasteiger charge is -2.19. The first-order chi connectivity index (χ1) is 20.4. The van der Waals surface area contributed by atoms with E-state index in [1.54, 1.807) is 47.5 Å². The highest BCUT2D eigenvalue weighted by Crippen LogP contribution is 2.36. The molecule has 6 rings (SSSR count). The van der Waals surface area contributed by atoms with Gasteiger partial charge in [0.25, 0.3) is 0 Å². The summed E-state index contributed by atoms with van der Waals surface area (Å²) >= 11 is 6.64. The van der Waals surface area contributed by atoms with E-state index in [1.807, 2.05) is 36.4 Å². The van der Waals surface area contributed by atoms with Gasteiger partial charge in [-0.2, -0.15) is 9.65 Å². The molecular weight excluding hydrogens is 548 g/mol. The molecule has 1 atom stereocenters. The Bertz CT molecular complexity index is 1970. The largest absolute Gasteiger partial charge is 0.373 e. The summed E-state index contributed by atoms with van der Waals surface area (Å²) in [6, 6.07) is 17.3. The Hall–Kier alpha value is -5.47. The molecule has 0 saturated carbocycles. The molecule has 6 aromatic rings. The summed E-state index contributed by atoms with van der Waals surface area (Å²) in [5, 5.41) is 25.0. The Labute approximate surface area is 238 Å². The topological polar surface area (TPSA) is 117 Å². The van der Waals surface area contributed by atoms with E-state index in [0.29, 0.717) is 22.2 Å².